The van der Waals surface area contributed by atoms with Crippen LogP contribution in [0.5, 0.6) is 0 Å². The Morgan fingerprint density at radius 1 is 1.41 bits per heavy atom. The lowest BCUT2D eigenvalue weighted by molar-refractivity contribution is -0.155. The van der Waals surface area contributed by atoms with E-state index in [2.05, 4.69) is 0 Å². The Morgan fingerprint density at radius 2 is 2.06 bits per heavy atom. The van der Waals surface area contributed by atoms with E-state index in [1.165, 1.54) is 0 Å². The number of esters is 1. The van der Waals surface area contributed by atoms with Crippen molar-refractivity contribution < 1.29 is 9.53 Å². The molecule has 1 rings (SSSR count). The maximum absolute atomic E-state index is 11.7. The van der Waals surface area contributed by atoms with Crippen molar-refractivity contribution in [3.05, 3.63) is 34.9 Å². The van der Waals surface area contributed by atoms with Crippen molar-refractivity contribution in [3.8, 4) is 0 Å². The summed E-state index contributed by atoms with van der Waals surface area (Å²) in [6.45, 7) is 7.61. The van der Waals surface area contributed by atoms with Crippen LogP contribution in [0.2, 0.25) is 5.02 Å². The molecule has 2 nitrogen and oxygen atoms in total. The van der Waals surface area contributed by atoms with Crippen LogP contribution in [0.25, 0.3) is 0 Å². The second-order valence-corrected chi connectivity index (χ2v) is 5.68. The van der Waals surface area contributed by atoms with Gasteiger partial charge in [-0.2, -0.15) is 0 Å². The van der Waals surface area contributed by atoms with Crippen molar-refractivity contribution in [3.63, 3.8) is 0 Å². The fraction of sp³-hybridized carbons (Fsp3) is 0.500. The van der Waals surface area contributed by atoms with E-state index in [1.54, 1.807) is 0 Å². The number of carbonyl (C=O) groups excluding carboxylic acids is 1. The van der Waals surface area contributed by atoms with Crippen LogP contribution in [-0.2, 0) is 9.53 Å². The quantitative estimate of drug-likeness (QED) is 0.757. The minimum absolute atomic E-state index is 0.114. The highest BCUT2D eigenvalue weighted by Crippen LogP contribution is 2.23. The molecule has 0 amide bonds. The molecule has 1 atom stereocenters. The summed E-state index contributed by atoms with van der Waals surface area (Å²) in [5.41, 5.74) is 0.633. The minimum atomic E-state index is -0.425. The molecular formula is C14H19ClO2. The van der Waals surface area contributed by atoms with E-state index in [0.717, 1.165) is 5.56 Å². The van der Waals surface area contributed by atoms with Gasteiger partial charge in [-0.15, -0.1) is 0 Å². The molecule has 1 aromatic rings. The van der Waals surface area contributed by atoms with Crippen molar-refractivity contribution in [2.75, 3.05) is 0 Å². The molecule has 0 fully saturated rings. The topological polar surface area (TPSA) is 26.3 Å². The second-order valence-electron chi connectivity index (χ2n) is 5.25. The molecule has 0 radical (unpaired) electrons. The number of halogens is 1. The zero-order chi connectivity index (χ0) is 13.1. The van der Waals surface area contributed by atoms with Gasteiger partial charge in [-0.3, -0.25) is 4.79 Å². The van der Waals surface area contributed by atoms with Crippen molar-refractivity contribution in [2.45, 2.75) is 45.6 Å². The number of rotatable bonds is 3. The molecule has 94 valence electrons. The van der Waals surface area contributed by atoms with E-state index >= 15 is 0 Å². The molecule has 0 spiro atoms. The van der Waals surface area contributed by atoms with E-state index in [4.69, 9.17) is 16.3 Å². The number of hydrogen-bond acceptors (Lipinski definition) is 2. The predicted molar refractivity (Wildman–Crippen MR) is 70.3 cm³/mol. The Hall–Kier alpha value is -1.02. The average Bonchev–Trinajstić information content (AvgIpc) is 2.14. The molecule has 1 aromatic carbocycles. The van der Waals surface area contributed by atoms with E-state index in [9.17, 15) is 4.79 Å². The smallest absolute Gasteiger partial charge is 0.306 e. The predicted octanol–water partition coefficient (Wildman–Crippen LogP) is 4.18. The minimum Gasteiger partial charge on any atom is -0.460 e. The molecule has 0 aliphatic rings. The van der Waals surface area contributed by atoms with Gasteiger partial charge in [0.15, 0.2) is 0 Å². The molecule has 0 heterocycles. The number of benzene rings is 1. The van der Waals surface area contributed by atoms with Crippen LogP contribution >= 0.6 is 11.6 Å². The van der Waals surface area contributed by atoms with E-state index in [-0.39, 0.29) is 11.9 Å². The van der Waals surface area contributed by atoms with Crippen LogP contribution in [0.1, 0.15) is 45.6 Å². The number of carbonyl (C=O) groups is 1. The van der Waals surface area contributed by atoms with Gasteiger partial charge in [0.25, 0.3) is 0 Å². The van der Waals surface area contributed by atoms with Gasteiger partial charge >= 0.3 is 5.97 Å². The van der Waals surface area contributed by atoms with E-state index < -0.39 is 5.60 Å². The zero-order valence-corrected chi connectivity index (χ0v) is 11.5. The maximum Gasteiger partial charge on any atom is 0.306 e. The molecule has 0 aliphatic carbocycles. The lowest BCUT2D eigenvalue weighted by Gasteiger charge is -2.21. The highest BCUT2D eigenvalue weighted by molar-refractivity contribution is 6.30. The zero-order valence-electron chi connectivity index (χ0n) is 10.8. The summed E-state index contributed by atoms with van der Waals surface area (Å²) in [4.78, 5) is 11.7. The Kier molecular flexibility index (Phi) is 4.58. The number of hydrogen-bond donors (Lipinski definition) is 0. The first kappa shape index (κ1) is 14.0. The van der Waals surface area contributed by atoms with Crippen LogP contribution in [-0.4, -0.2) is 11.6 Å². The molecular weight excluding hydrogens is 236 g/mol. The number of ether oxygens (including phenoxy) is 1. The molecule has 0 N–H and O–H groups in total. The highest BCUT2D eigenvalue weighted by atomic mass is 35.5. The second kappa shape index (κ2) is 5.54. The molecule has 0 bridgehead atoms. The van der Waals surface area contributed by atoms with Crippen molar-refractivity contribution in [1.82, 2.24) is 0 Å². The Morgan fingerprint density at radius 3 is 2.59 bits per heavy atom. The first-order valence-electron chi connectivity index (χ1n) is 5.75. The van der Waals surface area contributed by atoms with Gasteiger partial charge in [-0.05, 0) is 44.4 Å². The summed E-state index contributed by atoms with van der Waals surface area (Å²) in [5.74, 6) is -0.0616. The Labute approximate surface area is 108 Å². The summed E-state index contributed by atoms with van der Waals surface area (Å²) in [7, 11) is 0. The summed E-state index contributed by atoms with van der Waals surface area (Å²) >= 11 is 5.92. The van der Waals surface area contributed by atoms with E-state index in [1.807, 2.05) is 52.0 Å². The fourth-order valence-electron chi connectivity index (χ4n) is 1.56. The Bertz CT molecular complexity index is 393. The van der Waals surface area contributed by atoms with Crippen molar-refractivity contribution in [2.24, 2.45) is 0 Å². The van der Waals surface area contributed by atoms with Gasteiger partial charge in [0, 0.05) is 5.02 Å². The molecule has 0 aliphatic heterocycles. The van der Waals surface area contributed by atoms with Gasteiger partial charge in [-0.1, -0.05) is 30.7 Å². The normalized spacial score (nSPS) is 13.2. The summed E-state index contributed by atoms with van der Waals surface area (Å²) in [5, 5.41) is 0.693. The third-order valence-corrected chi connectivity index (χ3v) is 2.55. The van der Waals surface area contributed by atoms with Crippen LogP contribution in [0.3, 0.4) is 0 Å². The molecule has 0 aromatic heterocycles. The monoisotopic (exact) mass is 254 g/mol. The lowest BCUT2D eigenvalue weighted by atomic mass is 9.98. The Balaban J connectivity index is 2.61. The van der Waals surface area contributed by atoms with Crippen molar-refractivity contribution >= 4 is 17.6 Å². The molecule has 1 unspecified atom stereocenters. The largest absolute Gasteiger partial charge is 0.460 e. The van der Waals surface area contributed by atoms with Crippen LogP contribution in [0.4, 0.5) is 0 Å². The highest BCUT2D eigenvalue weighted by Gasteiger charge is 2.19. The SMILES string of the molecule is CC(CC(=O)OC(C)(C)C)c1cccc(Cl)c1. The third-order valence-electron chi connectivity index (χ3n) is 2.31. The van der Waals surface area contributed by atoms with E-state index in [0.29, 0.717) is 11.4 Å². The van der Waals surface area contributed by atoms with Crippen LogP contribution in [0.15, 0.2) is 24.3 Å². The first-order chi connectivity index (χ1) is 7.78. The standard InChI is InChI=1S/C14H19ClO2/c1-10(8-13(16)17-14(2,3)4)11-6-5-7-12(15)9-11/h5-7,9-10H,8H2,1-4H3. The summed E-state index contributed by atoms with van der Waals surface area (Å²) in [6.07, 6.45) is 0.373. The van der Waals surface area contributed by atoms with Crippen LogP contribution in [0, 0.1) is 0 Å². The van der Waals surface area contributed by atoms with Crippen LogP contribution < -0.4 is 0 Å². The van der Waals surface area contributed by atoms with Gasteiger partial charge in [0.05, 0.1) is 6.42 Å². The summed E-state index contributed by atoms with van der Waals surface area (Å²) < 4.78 is 5.29. The average molecular weight is 255 g/mol. The third kappa shape index (κ3) is 5.22. The van der Waals surface area contributed by atoms with Gasteiger partial charge < -0.3 is 4.74 Å². The van der Waals surface area contributed by atoms with Crippen molar-refractivity contribution in [1.29, 1.82) is 0 Å². The van der Waals surface area contributed by atoms with Gasteiger partial charge in [-0.25, -0.2) is 0 Å². The lowest BCUT2D eigenvalue weighted by Crippen LogP contribution is -2.24. The van der Waals surface area contributed by atoms with Gasteiger partial charge in [0.1, 0.15) is 5.60 Å². The molecule has 0 saturated carbocycles. The first-order valence-corrected chi connectivity index (χ1v) is 6.13. The molecule has 0 saturated heterocycles. The molecule has 3 heteroatoms. The van der Waals surface area contributed by atoms with Gasteiger partial charge in [0.2, 0.25) is 0 Å². The maximum atomic E-state index is 11.7. The summed E-state index contributed by atoms with van der Waals surface area (Å²) in [6, 6.07) is 7.58. The molecule has 17 heavy (non-hydrogen) atoms. The fourth-order valence-corrected chi connectivity index (χ4v) is 1.76.